The number of nitrogens with one attached hydrogen (secondary N) is 1. The Labute approximate surface area is 176 Å². The Hall–Kier alpha value is -2.71. The van der Waals surface area contributed by atoms with Crippen molar-refractivity contribution < 1.29 is 14.0 Å². The zero-order valence-electron chi connectivity index (χ0n) is 15.4. The van der Waals surface area contributed by atoms with Crippen LogP contribution in [-0.2, 0) is 11.3 Å². The molecule has 1 aromatic heterocycles. The zero-order chi connectivity index (χ0) is 20.2. The van der Waals surface area contributed by atoms with Crippen LogP contribution in [0.3, 0.4) is 0 Å². The first-order valence-electron chi connectivity index (χ1n) is 9.04. The first-order chi connectivity index (χ1) is 14.1. The van der Waals surface area contributed by atoms with Gasteiger partial charge in [0, 0.05) is 16.7 Å². The fraction of sp³-hybridized carbons (Fsp3) is 0.190. The molecule has 4 rings (SSSR count). The number of rotatable bonds is 5. The summed E-state index contributed by atoms with van der Waals surface area (Å²) in [5, 5.41) is 5.66. The van der Waals surface area contributed by atoms with Gasteiger partial charge in [-0.3, -0.25) is 9.59 Å². The Morgan fingerprint density at radius 3 is 2.69 bits per heavy atom. The van der Waals surface area contributed by atoms with Crippen molar-refractivity contribution in [3.63, 3.8) is 0 Å². The Bertz CT molecular complexity index is 1030. The highest BCUT2D eigenvalue weighted by molar-refractivity contribution is 7.99. The van der Waals surface area contributed by atoms with E-state index < -0.39 is 17.8 Å². The third kappa shape index (κ3) is 4.33. The predicted molar refractivity (Wildman–Crippen MR) is 113 cm³/mol. The summed E-state index contributed by atoms with van der Waals surface area (Å²) in [6, 6.07) is 15.0. The monoisotopic (exact) mass is 427 g/mol. The quantitative estimate of drug-likeness (QED) is 0.673. The average Bonchev–Trinajstić information content (AvgIpc) is 3.42. The van der Waals surface area contributed by atoms with Crippen molar-refractivity contribution in [2.45, 2.75) is 12.6 Å². The summed E-state index contributed by atoms with van der Waals surface area (Å²) >= 11 is 3.00. The second-order valence-electron chi connectivity index (χ2n) is 6.50. The highest BCUT2D eigenvalue weighted by Crippen LogP contribution is 2.25. The summed E-state index contributed by atoms with van der Waals surface area (Å²) in [6.07, 6.45) is 0. The second kappa shape index (κ2) is 8.75. The molecular weight excluding hydrogens is 409 g/mol. The Kier molecular flexibility index (Phi) is 5.92. The van der Waals surface area contributed by atoms with Crippen molar-refractivity contribution in [1.29, 1.82) is 0 Å². The van der Waals surface area contributed by atoms with E-state index in [4.69, 9.17) is 0 Å². The van der Waals surface area contributed by atoms with Gasteiger partial charge in [-0.2, -0.15) is 0 Å². The number of amides is 2. The molecule has 2 amide bonds. The van der Waals surface area contributed by atoms with Gasteiger partial charge in [-0.05, 0) is 12.1 Å². The van der Waals surface area contributed by atoms with Gasteiger partial charge in [0.15, 0.2) is 0 Å². The summed E-state index contributed by atoms with van der Waals surface area (Å²) < 4.78 is 14.0. The van der Waals surface area contributed by atoms with Crippen molar-refractivity contribution in [2.75, 3.05) is 11.6 Å². The van der Waals surface area contributed by atoms with Gasteiger partial charge in [0.25, 0.3) is 5.91 Å². The summed E-state index contributed by atoms with van der Waals surface area (Å²) in [7, 11) is 0. The third-order valence-electron chi connectivity index (χ3n) is 4.57. The van der Waals surface area contributed by atoms with Crippen LogP contribution in [0, 0.1) is 5.82 Å². The topological polar surface area (TPSA) is 62.3 Å². The van der Waals surface area contributed by atoms with E-state index in [-0.39, 0.29) is 18.0 Å². The maximum absolute atomic E-state index is 14.0. The van der Waals surface area contributed by atoms with Gasteiger partial charge in [-0.25, -0.2) is 9.37 Å². The number of carbonyl (C=O) groups is 2. The molecule has 2 heterocycles. The van der Waals surface area contributed by atoms with Crippen LogP contribution in [0.5, 0.6) is 0 Å². The molecule has 0 spiro atoms. The first kappa shape index (κ1) is 19.6. The van der Waals surface area contributed by atoms with Gasteiger partial charge in [0.1, 0.15) is 16.9 Å². The molecule has 1 unspecified atom stereocenters. The molecular formula is C21H18FN3O2S2. The van der Waals surface area contributed by atoms with Crippen molar-refractivity contribution in [3.05, 3.63) is 77.1 Å². The highest BCUT2D eigenvalue weighted by Gasteiger charge is 2.35. The molecule has 0 bridgehead atoms. The standard InChI is InChI=1S/C21H18FN3O2S2/c22-17-9-5-4-8-16(17)21(27)25-13-28-12-18(25)19(26)23-10-15-11-29-20(24-15)14-6-2-1-3-7-14/h1-9,11,18H,10,12-13H2,(H,23,26). The van der Waals surface area contributed by atoms with E-state index in [1.165, 1.54) is 46.2 Å². The lowest BCUT2D eigenvalue weighted by atomic mass is 10.1. The maximum atomic E-state index is 14.0. The fourth-order valence-electron chi connectivity index (χ4n) is 3.05. The number of thiazole rings is 1. The normalized spacial score (nSPS) is 16.0. The number of thioether (sulfide) groups is 1. The van der Waals surface area contributed by atoms with Gasteiger partial charge in [-0.1, -0.05) is 42.5 Å². The van der Waals surface area contributed by atoms with Crippen LogP contribution in [-0.4, -0.2) is 39.4 Å². The molecule has 2 aromatic carbocycles. The summed E-state index contributed by atoms with van der Waals surface area (Å²) in [5.41, 5.74) is 1.78. The number of hydrogen-bond donors (Lipinski definition) is 1. The fourth-order valence-corrected chi connectivity index (χ4v) is 5.03. The highest BCUT2D eigenvalue weighted by atomic mass is 32.2. The lowest BCUT2D eigenvalue weighted by Gasteiger charge is -2.23. The van der Waals surface area contributed by atoms with Crippen LogP contribution in [0.15, 0.2) is 60.0 Å². The van der Waals surface area contributed by atoms with Crippen LogP contribution in [0.4, 0.5) is 4.39 Å². The van der Waals surface area contributed by atoms with Crippen LogP contribution < -0.4 is 5.32 Å². The van der Waals surface area contributed by atoms with E-state index in [0.717, 1.165) is 16.3 Å². The van der Waals surface area contributed by atoms with E-state index in [9.17, 15) is 14.0 Å². The molecule has 1 atom stereocenters. The summed E-state index contributed by atoms with van der Waals surface area (Å²) in [5.74, 6) is -0.454. The van der Waals surface area contributed by atoms with Crippen molar-refractivity contribution in [2.24, 2.45) is 0 Å². The van der Waals surface area contributed by atoms with Crippen LogP contribution in [0.25, 0.3) is 10.6 Å². The number of aromatic nitrogens is 1. The molecule has 1 fully saturated rings. The summed E-state index contributed by atoms with van der Waals surface area (Å²) in [4.78, 5) is 31.4. The van der Waals surface area contributed by atoms with Crippen LogP contribution >= 0.6 is 23.1 Å². The van der Waals surface area contributed by atoms with Gasteiger partial charge >= 0.3 is 0 Å². The minimum absolute atomic E-state index is 0.0141. The van der Waals surface area contributed by atoms with E-state index in [1.54, 1.807) is 6.07 Å². The number of benzene rings is 2. The number of nitrogens with zero attached hydrogens (tertiary/aromatic N) is 2. The van der Waals surface area contributed by atoms with E-state index >= 15 is 0 Å². The molecule has 0 saturated carbocycles. The first-order valence-corrected chi connectivity index (χ1v) is 11.1. The van der Waals surface area contributed by atoms with E-state index in [1.807, 2.05) is 35.7 Å². The van der Waals surface area contributed by atoms with Crippen molar-refractivity contribution in [1.82, 2.24) is 15.2 Å². The maximum Gasteiger partial charge on any atom is 0.258 e. The Balaban J connectivity index is 1.40. The molecule has 1 aliphatic heterocycles. The van der Waals surface area contributed by atoms with Crippen molar-refractivity contribution >= 4 is 34.9 Å². The van der Waals surface area contributed by atoms with Gasteiger partial charge in [0.05, 0.1) is 23.7 Å². The largest absolute Gasteiger partial charge is 0.349 e. The lowest BCUT2D eigenvalue weighted by Crippen LogP contribution is -2.47. The molecule has 3 aromatic rings. The number of hydrogen-bond acceptors (Lipinski definition) is 5. The smallest absolute Gasteiger partial charge is 0.258 e. The summed E-state index contributed by atoms with van der Waals surface area (Å²) in [6.45, 7) is 0.283. The van der Waals surface area contributed by atoms with Crippen LogP contribution in [0.1, 0.15) is 16.1 Å². The zero-order valence-corrected chi connectivity index (χ0v) is 17.0. The van der Waals surface area contributed by atoms with Gasteiger partial charge in [0.2, 0.25) is 5.91 Å². The molecule has 0 aliphatic carbocycles. The van der Waals surface area contributed by atoms with Crippen LogP contribution in [0.2, 0.25) is 0 Å². The minimum Gasteiger partial charge on any atom is -0.349 e. The molecule has 148 valence electrons. The molecule has 0 radical (unpaired) electrons. The Morgan fingerprint density at radius 1 is 1.14 bits per heavy atom. The van der Waals surface area contributed by atoms with E-state index in [2.05, 4.69) is 10.3 Å². The molecule has 29 heavy (non-hydrogen) atoms. The molecule has 8 heteroatoms. The molecule has 1 aliphatic rings. The van der Waals surface area contributed by atoms with Gasteiger partial charge < -0.3 is 10.2 Å². The van der Waals surface area contributed by atoms with Crippen molar-refractivity contribution in [3.8, 4) is 10.6 Å². The number of halogens is 1. The second-order valence-corrected chi connectivity index (χ2v) is 8.36. The molecule has 1 N–H and O–H groups in total. The van der Waals surface area contributed by atoms with E-state index in [0.29, 0.717) is 11.6 Å². The predicted octanol–water partition coefficient (Wildman–Crippen LogP) is 3.78. The molecule has 1 saturated heterocycles. The minimum atomic E-state index is -0.626. The SMILES string of the molecule is O=C(NCc1csc(-c2ccccc2)n1)C1CSCN1C(=O)c1ccccc1F. The number of carbonyl (C=O) groups excluding carboxylic acids is 2. The Morgan fingerprint density at radius 2 is 1.90 bits per heavy atom. The van der Waals surface area contributed by atoms with Gasteiger partial charge in [-0.15, -0.1) is 23.1 Å². The average molecular weight is 428 g/mol. The molecule has 5 nitrogen and oxygen atoms in total. The third-order valence-corrected chi connectivity index (χ3v) is 6.52. The lowest BCUT2D eigenvalue weighted by molar-refractivity contribution is -0.124.